The highest BCUT2D eigenvalue weighted by atomic mass is 16.3. The molecule has 0 aliphatic carbocycles. The Morgan fingerprint density at radius 3 is 2.74 bits per heavy atom. The molecule has 1 heterocycles. The quantitative estimate of drug-likeness (QED) is 0.823. The fourth-order valence-corrected chi connectivity index (χ4v) is 2.37. The molecule has 0 amide bonds. The minimum atomic E-state index is 0.452. The number of aromatic nitrogens is 1. The molecule has 0 saturated heterocycles. The number of fused-ring (bicyclic) bond motifs is 1. The minimum Gasteiger partial charge on any atom is -0.441 e. The third kappa shape index (κ3) is 4.06. The van der Waals surface area contributed by atoms with E-state index >= 15 is 0 Å². The van der Waals surface area contributed by atoms with Gasteiger partial charge in [0.25, 0.3) is 0 Å². The van der Waals surface area contributed by atoms with Gasteiger partial charge in [-0.1, -0.05) is 32.9 Å². The van der Waals surface area contributed by atoms with Crippen molar-refractivity contribution in [1.29, 1.82) is 0 Å². The number of rotatable bonds is 7. The predicted molar refractivity (Wildman–Crippen MR) is 79.2 cm³/mol. The first kappa shape index (κ1) is 14.1. The number of hydrogen-bond acceptors (Lipinski definition) is 3. The molecule has 19 heavy (non-hydrogen) atoms. The molecule has 1 unspecified atom stereocenters. The second kappa shape index (κ2) is 6.71. The molecule has 0 spiro atoms. The Balaban J connectivity index is 2.06. The van der Waals surface area contributed by atoms with Gasteiger partial charge in [-0.15, -0.1) is 0 Å². The standard InChI is InChI=1S/C16H24N2O/c1-4-9-17-13(10-12(2)3)11-16-18-14-7-5-6-8-15(14)19-16/h5-8,12-13,17H,4,9-11H2,1-3H3. The van der Waals surface area contributed by atoms with E-state index in [0.717, 1.165) is 42.8 Å². The first-order chi connectivity index (χ1) is 9.19. The van der Waals surface area contributed by atoms with Crippen molar-refractivity contribution in [1.82, 2.24) is 10.3 Å². The van der Waals surface area contributed by atoms with Crippen LogP contribution in [0.2, 0.25) is 0 Å². The van der Waals surface area contributed by atoms with Gasteiger partial charge in [0.15, 0.2) is 11.5 Å². The SMILES string of the molecule is CCCNC(Cc1nc2ccccc2o1)CC(C)C. The first-order valence-corrected chi connectivity index (χ1v) is 7.27. The normalized spacial score (nSPS) is 13.3. The number of hydrogen-bond donors (Lipinski definition) is 1. The summed E-state index contributed by atoms with van der Waals surface area (Å²) in [5, 5.41) is 3.59. The summed E-state index contributed by atoms with van der Waals surface area (Å²) in [5.41, 5.74) is 1.84. The van der Waals surface area contributed by atoms with E-state index in [1.165, 1.54) is 0 Å². The lowest BCUT2D eigenvalue weighted by Crippen LogP contribution is -2.33. The Morgan fingerprint density at radius 2 is 2.05 bits per heavy atom. The molecule has 0 fully saturated rings. The lowest BCUT2D eigenvalue weighted by atomic mass is 10.0. The van der Waals surface area contributed by atoms with Gasteiger partial charge in [0, 0.05) is 12.5 Å². The van der Waals surface area contributed by atoms with E-state index in [1.54, 1.807) is 0 Å². The van der Waals surface area contributed by atoms with Crippen LogP contribution < -0.4 is 5.32 Å². The van der Waals surface area contributed by atoms with Crippen molar-refractivity contribution in [2.24, 2.45) is 5.92 Å². The molecule has 104 valence electrons. The summed E-state index contributed by atoms with van der Waals surface area (Å²) in [6, 6.07) is 8.41. The Hall–Kier alpha value is -1.35. The maximum atomic E-state index is 5.81. The second-order valence-corrected chi connectivity index (χ2v) is 5.56. The Bertz CT molecular complexity index is 471. The largest absolute Gasteiger partial charge is 0.441 e. The van der Waals surface area contributed by atoms with Gasteiger partial charge >= 0.3 is 0 Å². The van der Waals surface area contributed by atoms with Crippen LogP contribution >= 0.6 is 0 Å². The predicted octanol–water partition coefficient (Wildman–Crippen LogP) is 3.78. The molecule has 1 aromatic heterocycles. The second-order valence-electron chi connectivity index (χ2n) is 5.56. The summed E-state index contributed by atoms with van der Waals surface area (Å²) >= 11 is 0. The van der Waals surface area contributed by atoms with Crippen molar-refractivity contribution in [3.63, 3.8) is 0 Å². The van der Waals surface area contributed by atoms with Gasteiger partial charge in [0.2, 0.25) is 0 Å². The topological polar surface area (TPSA) is 38.1 Å². The van der Waals surface area contributed by atoms with Gasteiger partial charge in [-0.25, -0.2) is 4.98 Å². The third-order valence-electron chi connectivity index (χ3n) is 3.20. The van der Waals surface area contributed by atoms with E-state index in [4.69, 9.17) is 4.42 Å². The van der Waals surface area contributed by atoms with Crippen LogP contribution in [0.25, 0.3) is 11.1 Å². The van der Waals surface area contributed by atoms with E-state index in [1.807, 2.05) is 24.3 Å². The highest BCUT2D eigenvalue weighted by Gasteiger charge is 2.14. The zero-order valence-corrected chi connectivity index (χ0v) is 12.1. The monoisotopic (exact) mass is 260 g/mol. The fourth-order valence-electron chi connectivity index (χ4n) is 2.37. The zero-order valence-electron chi connectivity index (χ0n) is 12.1. The van der Waals surface area contributed by atoms with Crippen molar-refractivity contribution in [2.45, 2.75) is 46.1 Å². The molecular formula is C16H24N2O. The van der Waals surface area contributed by atoms with Crippen LogP contribution in [0.1, 0.15) is 39.5 Å². The van der Waals surface area contributed by atoms with Crippen LogP contribution in [0.3, 0.4) is 0 Å². The summed E-state index contributed by atoms with van der Waals surface area (Å²) < 4.78 is 5.81. The number of oxazole rings is 1. The Morgan fingerprint density at radius 1 is 1.26 bits per heavy atom. The van der Waals surface area contributed by atoms with Gasteiger partial charge in [-0.3, -0.25) is 0 Å². The van der Waals surface area contributed by atoms with Crippen molar-refractivity contribution < 1.29 is 4.42 Å². The summed E-state index contributed by atoms with van der Waals surface area (Å²) in [6.07, 6.45) is 3.17. The van der Waals surface area contributed by atoms with E-state index in [0.29, 0.717) is 12.0 Å². The average Bonchev–Trinajstić information content (AvgIpc) is 2.77. The zero-order chi connectivity index (χ0) is 13.7. The fraction of sp³-hybridized carbons (Fsp3) is 0.562. The molecule has 0 aliphatic heterocycles. The van der Waals surface area contributed by atoms with Gasteiger partial charge in [0.05, 0.1) is 0 Å². The maximum Gasteiger partial charge on any atom is 0.197 e. The number of nitrogens with one attached hydrogen (secondary N) is 1. The molecule has 1 atom stereocenters. The van der Waals surface area contributed by atoms with E-state index in [9.17, 15) is 0 Å². The van der Waals surface area contributed by atoms with Gasteiger partial charge in [-0.05, 0) is 37.4 Å². The molecule has 1 aromatic carbocycles. The molecule has 0 saturated carbocycles. The molecule has 2 rings (SSSR count). The van der Waals surface area contributed by atoms with Crippen molar-refractivity contribution in [3.8, 4) is 0 Å². The van der Waals surface area contributed by atoms with Crippen molar-refractivity contribution in [3.05, 3.63) is 30.2 Å². The molecule has 3 heteroatoms. The van der Waals surface area contributed by atoms with Gasteiger partial charge in [0.1, 0.15) is 5.52 Å². The maximum absolute atomic E-state index is 5.81. The van der Waals surface area contributed by atoms with Crippen molar-refractivity contribution in [2.75, 3.05) is 6.54 Å². The molecule has 0 aliphatic rings. The number of benzene rings is 1. The van der Waals surface area contributed by atoms with Crippen LogP contribution in [-0.2, 0) is 6.42 Å². The summed E-state index contributed by atoms with van der Waals surface area (Å²) in [4.78, 5) is 4.56. The lowest BCUT2D eigenvalue weighted by molar-refractivity contribution is 0.386. The van der Waals surface area contributed by atoms with Crippen LogP contribution in [-0.4, -0.2) is 17.6 Å². The average molecular weight is 260 g/mol. The minimum absolute atomic E-state index is 0.452. The van der Waals surface area contributed by atoms with Crippen LogP contribution in [0.5, 0.6) is 0 Å². The van der Waals surface area contributed by atoms with Crippen LogP contribution in [0.15, 0.2) is 28.7 Å². The highest BCUT2D eigenvalue weighted by molar-refractivity contribution is 5.72. The molecule has 0 bridgehead atoms. The van der Waals surface area contributed by atoms with Crippen molar-refractivity contribution >= 4 is 11.1 Å². The Kier molecular flexibility index (Phi) is 4.97. The Labute approximate surface area is 115 Å². The van der Waals surface area contributed by atoms with E-state index in [-0.39, 0.29) is 0 Å². The van der Waals surface area contributed by atoms with E-state index in [2.05, 4.69) is 31.1 Å². The number of para-hydroxylation sites is 2. The summed E-state index contributed by atoms with van der Waals surface area (Å²) in [6.45, 7) is 7.76. The summed E-state index contributed by atoms with van der Waals surface area (Å²) in [7, 11) is 0. The molecule has 0 radical (unpaired) electrons. The smallest absolute Gasteiger partial charge is 0.197 e. The number of nitrogens with zero attached hydrogens (tertiary/aromatic N) is 1. The van der Waals surface area contributed by atoms with E-state index < -0.39 is 0 Å². The molecule has 1 N–H and O–H groups in total. The first-order valence-electron chi connectivity index (χ1n) is 7.27. The molecular weight excluding hydrogens is 236 g/mol. The highest BCUT2D eigenvalue weighted by Crippen LogP contribution is 2.17. The van der Waals surface area contributed by atoms with Gasteiger partial charge < -0.3 is 9.73 Å². The molecule has 3 nitrogen and oxygen atoms in total. The van der Waals surface area contributed by atoms with Gasteiger partial charge in [-0.2, -0.15) is 0 Å². The van der Waals surface area contributed by atoms with Crippen LogP contribution in [0, 0.1) is 5.92 Å². The lowest BCUT2D eigenvalue weighted by Gasteiger charge is -2.18. The molecule has 2 aromatic rings. The summed E-state index contributed by atoms with van der Waals surface area (Å²) in [5.74, 6) is 1.52. The third-order valence-corrected chi connectivity index (χ3v) is 3.20. The van der Waals surface area contributed by atoms with Crippen LogP contribution in [0.4, 0.5) is 0 Å².